The molecule has 0 saturated carbocycles. The number of rotatable bonds is 8. The Bertz CT molecular complexity index is 1410. The Hall–Kier alpha value is -4.91. The zero-order valence-corrected chi connectivity index (χ0v) is 18.5. The highest BCUT2D eigenvalue weighted by Crippen LogP contribution is 2.35. The molecule has 12 nitrogen and oxygen atoms in total. The van der Waals surface area contributed by atoms with Crippen LogP contribution in [-0.2, 0) is 9.84 Å². The van der Waals surface area contributed by atoms with Crippen LogP contribution in [0.3, 0.4) is 0 Å². The maximum atomic E-state index is 13.2. The monoisotopic (exact) mass is 492 g/mol. The second kappa shape index (κ2) is 9.52. The van der Waals surface area contributed by atoms with Gasteiger partial charge in [0, 0.05) is 48.3 Å². The molecule has 4 rings (SSSR count). The molecule has 0 aliphatic rings. The van der Waals surface area contributed by atoms with E-state index in [0.29, 0.717) is 11.4 Å². The molecule has 0 aliphatic heterocycles. The molecule has 2 heterocycles. The van der Waals surface area contributed by atoms with Gasteiger partial charge in [-0.05, 0) is 48.5 Å². The zero-order chi connectivity index (χ0) is 25.0. The number of nitro groups is 2. The summed E-state index contributed by atoms with van der Waals surface area (Å²) in [4.78, 5) is 28.8. The van der Waals surface area contributed by atoms with E-state index in [0.717, 1.165) is 12.1 Å². The minimum absolute atomic E-state index is 0.0722. The first kappa shape index (κ1) is 23.3. The van der Waals surface area contributed by atoms with Gasteiger partial charge in [0.05, 0.1) is 19.6 Å². The molecule has 13 heteroatoms. The second-order valence-corrected chi connectivity index (χ2v) is 9.05. The molecule has 2 aromatic heterocycles. The van der Waals surface area contributed by atoms with Crippen LogP contribution < -0.4 is 10.6 Å². The third-order valence-corrected chi connectivity index (χ3v) is 6.62. The van der Waals surface area contributed by atoms with E-state index in [9.17, 15) is 28.6 Å². The molecule has 0 atom stereocenters. The van der Waals surface area contributed by atoms with Crippen molar-refractivity contribution in [3.05, 3.63) is 106 Å². The van der Waals surface area contributed by atoms with Crippen molar-refractivity contribution in [1.29, 1.82) is 0 Å². The van der Waals surface area contributed by atoms with Crippen LogP contribution in [-0.4, -0.2) is 28.2 Å². The van der Waals surface area contributed by atoms with E-state index in [1.54, 1.807) is 24.3 Å². The molecule has 0 fully saturated rings. The molecule has 0 unspecified atom stereocenters. The number of hydrogen-bond donors (Lipinski definition) is 2. The van der Waals surface area contributed by atoms with E-state index in [-0.39, 0.29) is 21.2 Å². The van der Waals surface area contributed by atoms with Gasteiger partial charge in [0.2, 0.25) is 9.84 Å². The van der Waals surface area contributed by atoms with Crippen molar-refractivity contribution in [2.45, 2.75) is 9.79 Å². The summed E-state index contributed by atoms with van der Waals surface area (Å²) in [5, 5.41) is 29.0. The number of sulfone groups is 1. The lowest BCUT2D eigenvalue weighted by molar-refractivity contribution is -0.384. The maximum Gasteiger partial charge on any atom is 0.293 e. The Morgan fingerprint density at radius 3 is 1.34 bits per heavy atom. The Kier molecular flexibility index (Phi) is 6.33. The number of nitrogens with one attached hydrogen (secondary N) is 2. The number of benzene rings is 2. The van der Waals surface area contributed by atoms with E-state index in [1.165, 1.54) is 49.1 Å². The van der Waals surface area contributed by atoms with Crippen LogP contribution in [0.2, 0.25) is 0 Å². The molecule has 2 aromatic carbocycles. The SMILES string of the molecule is O=[N+]([O-])c1cc(S(=O)(=O)c2ccc(Nc3ccncc3)c([N+](=O)[O-])c2)ccc1Nc1ccncc1. The van der Waals surface area contributed by atoms with Gasteiger partial charge < -0.3 is 10.6 Å². The summed E-state index contributed by atoms with van der Waals surface area (Å²) in [6.07, 6.45) is 5.97. The van der Waals surface area contributed by atoms with Gasteiger partial charge in [-0.25, -0.2) is 8.42 Å². The van der Waals surface area contributed by atoms with Crippen molar-refractivity contribution in [3.8, 4) is 0 Å². The summed E-state index contributed by atoms with van der Waals surface area (Å²) in [5.41, 5.74) is 0.228. The van der Waals surface area contributed by atoms with E-state index in [2.05, 4.69) is 20.6 Å². The lowest BCUT2D eigenvalue weighted by Crippen LogP contribution is -2.06. The highest BCUT2D eigenvalue weighted by molar-refractivity contribution is 7.91. The Morgan fingerprint density at radius 1 is 0.629 bits per heavy atom. The quantitative estimate of drug-likeness (QED) is 0.261. The number of aromatic nitrogens is 2. The van der Waals surface area contributed by atoms with Crippen LogP contribution in [0, 0.1) is 20.2 Å². The minimum atomic E-state index is -4.31. The molecule has 0 bridgehead atoms. The van der Waals surface area contributed by atoms with Crippen LogP contribution in [0.1, 0.15) is 0 Å². The van der Waals surface area contributed by atoms with Gasteiger partial charge in [-0.2, -0.15) is 0 Å². The first-order valence-electron chi connectivity index (χ1n) is 9.92. The molecule has 176 valence electrons. The number of pyridine rings is 2. The van der Waals surface area contributed by atoms with Crippen LogP contribution in [0.25, 0.3) is 0 Å². The van der Waals surface area contributed by atoms with Crippen molar-refractivity contribution >= 4 is 44.0 Å². The van der Waals surface area contributed by atoms with E-state index < -0.39 is 31.1 Å². The number of anilines is 4. The molecule has 0 radical (unpaired) electrons. The standard InChI is InChI=1S/C22H16N6O6S/c29-27(30)21-13-17(1-3-19(21)25-15-5-9-23-10-6-15)35(33,34)18-2-4-20(22(14-18)28(31)32)26-16-7-11-24-12-8-16/h1-14H,(H,23,25)(H,24,26). The molecule has 35 heavy (non-hydrogen) atoms. The first-order chi connectivity index (χ1) is 16.8. The number of nitrogens with zero attached hydrogens (tertiary/aromatic N) is 4. The van der Waals surface area contributed by atoms with Crippen molar-refractivity contribution < 1.29 is 18.3 Å². The summed E-state index contributed by atoms with van der Waals surface area (Å²) in [5.74, 6) is 0. The largest absolute Gasteiger partial charge is 0.350 e. The van der Waals surface area contributed by atoms with Crippen molar-refractivity contribution in [1.82, 2.24) is 9.97 Å². The molecular weight excluding hydrogens is 476 g/mol. The van der Waals surface area contributed by atoms with E-state index in [4.69, 9.17) is 0 Å². The van der Waals surface area contributed by atoms with Crippen molar-refractivity contribution in [3.63, 3.8) is 0 Å². The predicted molar refractivity (Wildman–Crippen MR) is 127 cm³/mol. The highest BCUT2D eigenvalue weighted by atomic mass is 32.2. The third kappa shape index (κ3) is 5.04. The zero-order valence-electron chi connectivity index (χ0n) is 17.7. The Balaban J connectivity index is 1.72. The van der Waals surface area contributed by atoms with Crippen molar-refractivity contribution in [2.24, 2.45) is 0 Å². The van der Waals surface area contributed by atoms with Crippen molar-refractivity contribution in [2.75, 3.05) is 10.6 Å². The summed E-state index contributed by atoms with van der Waals surface area (Å²) in [6.45, 7) is 0. The summed E-state index contributed by atoms with van der Waals surface area (Å²) < 4.78 is 26.4. The maximum absolute atomic E-state index is 13.2. The van der Waals surface area contributed by atoms with Gasteiger partial charge in [0.1, 0.15) is 11.4 Å². The lowest BCUT2D eigenvalue weighted by atomic mass is 10.2. The predicted octanol–water partition coefficient (Wildman–Crippen LogP) is 4.61. The van der Waals surface area contributed by atoms with Crippen LogP contribution >= 0.6 is 0 Å². The molecule has 0 amide bonds. The molecule has 0 spiro atoms. The summed E-state index contributed by atoms with van der Waals surface area (Å²) >= 11 is 0. The third-order valence-electron chi connectivity index (χ3n) is 4.87. The first-order valence-corrected chi connectivity index (χ1v) is 11.4. The molecule has 0 saturated heterocycles. The smallest absolute Gasteiger partial charge is 0.293 e. The average molecular weight is 492 g/mol. The summed E-state index contributed by atoms with van der Waals surface area (Å²) in [6, 6.07) is 13.1. The second-order valence-electron chi connectivity index (χ2n) is 7.10. The minimum Gasteiger partial charge on any atom is -0.350 e. The highest BCUT2D eigenvalue weighted by Gasteiger charge is 2.26. The molecule has 0 aliphatic carbocycles. The van der Waals surface area contributed by atoms with Gasteiger partial charge in [-0.1, -0.05) is 0 Å². The topological polar surface area (TPSA) is 170 Å². The van der Waals surface area contributed by atoms with E-state index in [1.807, 2.05) is 0 Å². The number of hydrogen-bond acceptors (Lipinski definition) is 10. The van der Waals surface area contributed by atoms with Crippen LogP contribution in [0.4, 0.5) is 34.1 Å². The van der Waals surface area contributed by atoms with Crippen LogP contribution in [0.15, 0.2) is 95.2 Å². The van der Waals surface area contributed by atoms with Gasteiger partial charge in [0.25, 0.3) is 11.4 Å². The molecular formula is C22H16N6O6S. The fraction of sp³-hybridized carbons (Fsp3) is 0. The van der Waals surface area contributed by atoms with Gasteiger partial charge in [-0.15, -0.1) is 0 Å². The normalized spacial score (nSPS) is 11.0. The van der Waals surface area contributed by atoms with Gasteiger partial charge in [-0.3, -0.25) is 30.2 Å². The summed E-state index contributed by atoms with van der Waals surface area (Å²) in [7, 11) is -4.31. The fourth-order valence-electron chi connectivity index (χ4n) is 3.19. The number of nitro benzene ring substituents is 2. The lowest BCUT2D eigenvalue weighted by Gasteiger charge is -2.11. The fourth-order valence-corrected chi connectivity index (χ4v) is 4.49. The van der Waals surface area contributed by atoms with Gasteiger partial charge >= 0.3 is 0 Å². The van der Waals surface area contributed by atoms with E-state index >= 15 is 0 Å². The van der Waals surface area contributed by atoms with Crippen LogP contribution in [0.5, 0.6) is 0 Å². The Morgan fingerprint density at radius 2 is 1.00 bits per heavy atom. The molecule has 2 N–H and O–H groups in total. The molecule has 4 aromatic rings. The van der Waals surface area contributed by atoms with Gasteiger partial charge in [0.15, 0.2) is 0 Å². The average Bonchev–Trinajstić information content (AvgIpc) is 2.85. The Labute approximate surface area is 198 Å².